The summed E-state index contributed by atoms with van der Waals surface area (Å²) in [6.07, 6.45) is 2.00. The summed E-state index contributed by atoms with van der Waals surface area (Å²) in [6, 6.07) is 0.0934. The van der Waals surface area contributed by atoms with Gasteiger partial charge in [0.15, 0.2) is 0 Å². The molecule has 0 rings (SSSR count). The molecule has 0 aliphatic rings. The quantitative estimate of drug-likeness (QED) is 0.654. The number of nitrogens with one attached hydrogen (secondary N) is 1. The Morgan fingerprint density at radius 2 is 1.94 bits per heavy atom. The van der Waals surface area contributed by atoms with Gasteiger partial charge in [-0.2, -0.15) is 0 Å². The smallest absolute Gasteiger partial charge is 0.329 e. The Bertz CT molecular complexity index is 230. The third-order valence-electron chi connectivity index (χ3n) is 2.32. The minimum Gasteiger partial charge on any atom is -0.480 e. The number of hydrogen-bond acceptors (Lipinski definition) is 3. The van der Waals surface area contributed by atoms with Crippen LogP contribution in [0.1, 0.15) is 33.6 Å². The van der Waals surface area contributed by atoms with Crippen LogP contribution in [-0.2, 0) is 14.3 Å². The molecule has 0 aromatic carbocycles. The van der Waals surface area contributed by atoms with Crippen molar-refractivity contribution in [3.8, 4) is 0 Å². The second-order valence-electron chi connectivity index (χ2n) is 4.10. The van der Waals surface area contributed by atoms with Gasteiger partial charge in [-0.05, 0) is 19.3 Å². The van der Waals surface area contributed by atoms with Crippen molar-refractivity contribution in [3.63, 3.8) is 0 Å². The first kappa shape index (κ1) is 14.9. The minimum absolute atomic E-state index is 0.0934. The number of hydrogen-bond donors (Lipinski definition) is 2. The predicted octanol–water partition coefficient (Wildman–Crippen LogP) is 1.03. The highest BCUT2D eigenvalue weighted by Crippen LogP contribution is 2.09. The van der Waals surface area contributed by atoms with Crippen molar-refractivity contribution >= 4 is 11.9 Å². The van der Waals surface area contributed by atoms with Gasteiger partial charge in [-0.25, -0.2) is 4.79 Å². The maximum absolute atomic E-state index is 11.3. The van der Waals surface area contributed by atoms with Crippen molar-refractivity contribution in [1.29, 1.82) is 0 Å². The number of rotatable bonds is 8. The SMILES string of the molecule is CCC(C)CC(C)NC(=O)COCC(=O)O. The fraction of sp³-hybridized carbons (Fsp3) is 0.818. The van der Waals surface area contributed by atoms with Gasteiger partial charge < -0.3 is 15.2 Å². The van der Waals surface area contributed by atoms with Crippen LogP contribution in [-0.4, -0.2) is 36.2 Å². The Morgan fingerprint density at radius 3 is 2.44 bits per heavy atom. The van der Waals surface area contributed by atoms with E-state index >= 15 is 0 Å². The molecule has 0 fully saturated rings. The van der Waals surface area contributed by atoms with Crippen molar-refractivity contribution < 1.29 is 19.4 Å². The molecule has 0 bridgehead atoms. The van der Waals surface area contributed by atoms with Crippen molar-refractivity contribution in [2.24, 2.45) is 5.92 Å². The van der Waals surface area contributed by atoms with E-state index in [-0.39, 0.29) is 18.6 Å². The van der Waals surface area contributed by atoms with E-state index in [0.29, 0.717) is 5.92 Å². The standard InChI is InChI=1S/C11H21NO4/c1-4-8(2)5-9(3)12-10(13)6-16-7-11(14)15/h8-9H,4-7H2,1-3H3,(H,12,13)(H,14,15). The summed E-state index contributed by atoms with van der Waals surface area (Å²) in [5.74, 6) is -0.771. The highest BCUT2D eigenvalue weighted by molar-refractivity contribution is 5.78. The second-order valence-corrected chi connectivity index (χ2v) is 4.10. The molecule has 0 saturated carbocycles. The van der Waals surface area contributed by atoms with Gasteiger partial charge in [0, 0.05) is 6.04 Å². The number of carboxylic acids is 1. The number of amides is 1. The molecule has 1 amide bonds. The third kappa shape index (κ3) is 8.23. The zero-order valence-corrected chi connectivity index (χ0v) is 10.2. The molecule has 0 spiro atoms. The lowest BCUT2D eigenvalue weighted by atomic mass is 10.0. The molecule has 0 radical (unpaired) electrons. The monoisotopic (exact) mass is 231 g/mol. The van der Waals surface area contributed by atoms with E-state index in [0.717, 1.165) is 12.8 Å². The molecule has 2 N–H and O–H groups in total. The maximum Gasteiger partial charge on any atom is 0.329 e. The van der Waals surface area contributed by atoms with Crippen molar-refractivity contribution in [2.75, 3.05) is 13.2 Å². The largest absolute Gasteiger partial charge is 0.480 e. The fourth-order valence-electron chi connectivity index (χ4n) is 1.38. The Labute approximate surface area is 96.2 Å². The van der Waals surface area contributed by atoms with E-state index in [1.165, 1.54) is 0 Å². The molecular formula is C11H21NO4. The summed E-state index contributed by atoms with van der Waals surface area (Å²) in [5, 5.41) is 11.1. The molecule has 0 heterocycles. The van der Waals surface area contributed by atoms with Crippen molar-refractivity contribution in [1.82, 2.24) is 5.32 Å². The Kier molecular flexibility index (Phi) is 7.54. The van der Waals surface area contributed by atoms with Gasteiger partial charge in [-0.3, -0.25) is 4.79 Å². The van der Waals surface area contributed by atoms with Crippen LogP contribution in [0.2, 0.25) is 0 Å². The molecule has 0 aliphatic carbocycles. The van der Waals surface area contributed by atoms with E-state index < -0.39 is 12.6 Å². The zero-order chi connectivity index (χ0) is 12.6. The summed E-state index contributed by atoms with van der Waals surface area (Å²) in [4.78, 5) is 21.4. The highest BCUT2D eigenvalue weighted by atomic mass is 16.5. The molecule has 16 heavy (non-hydrogen) atoms. The van der Waals surface area contributed by atoms with E-state index in [2.05, 4.69) is 23.9 Å². The molecule has 5 heteroatoms. The van der Waals surface area contributed by atoms with Gasteiger partial charge in [-0.1, -0.05) is 20.3 Å². The lowest BCUT2D eigenvalue weighted by molar-refractivity contribution is -0.143. The third-order valence-corrected chi connectivity index (χ3v) is 2.32. The topological polar surface area (TPSA) is 75.6 Å². The number of carbonyl (C=O) groups excluding carboxylic acids is 1. The highest BCUT2D eigenvalue weighted by Gasteiger charge is 2.10. The molecule has 0 aromatic heterocycles. The fourth-order valence-corrected chi connectivity index (χ4v) is 1.38. The summed E-state index contributed by atoms with van der Waals surface area (Å²) in [5.41, 5.74) is 0. The summed E-state index contributed by atoms with van der Waals surface area (Å²) >= 11 is 0. The average molecular weight is 231 g/mol. The normalized spacial score (nSPS) is 14.2. The Balaban J connectivity index is 3.65. The molecule has 94 valence electrons. The number of carboxylic acid groups (broad SMARTS) is 1. The molecule has 5 nitrogen and oxygen atoms in total. The van der Waals surface area contributed by atoms with Gasteiger partial charge in [0.2, 0.25) is 5.91 Å². The van der Waals surface area contributed by atoms with Crippen molar-refractivity contribution in [3.05, 3.63) is 0 Å². The van der Waals surface area contributed by atoms with Gasteiger partial charge in [0.25, 0.3) is 0 Å². The van der Waals surface area contributed by atoms with Crippen molar-refractivity contribution in [2.45, 2.75) is 39.7 Å². The van der Waals surface area contributed by atoms with E-state index in [1.807, 2.05) is 6.92 Å². The summed E-state index contributed by atoms with van der Waals surface area (Å²) in [6.45, 7) is 5.53. The number of carbonyl (C=O) groups is 2. The molecule has 0 saturated heterocycles. The zero-order valence-electron chi connectivity index (χ0n) is 10.2. The first-order valence-corrected chi connectivity index (χ1v) is 5.54. The number of ether oxygens (including phenoxy) is 1. The lowest BCUT2D eigenvalue weighted by Crippen LogP contribution is -2.36. The van der Waals surface area contributed by atoms with E-state index in [9.17, 15) is 9.59 Å². The summed E-state index contributed by atoms with van der Waals surface area (Å²) in [7, 11) is 0. The Morgan fingerprint density at radius 1 is 1.31 bits per heavy atom. The van der Waals surface area contributed by atoms with Crippen LogP contribution < -0.4 is 5.32 Å². The molecule has 2 atom stereocenters. The van der Waals surface area contributed by atoms with Gasteiger partial charge >= 0.3 is 5.97 Å². The van der Waals surface area contributed by atoms with Crippen LogP contribution in [0.5, 0.6) is 0 Å². The van der Waals surface area contributed by atoms with Gasteiger partial charge in [-0.15, -0.1) is 0 Å². The average Bonchev–Trinajstić information content (AvgIpc) is 2.16. The minimum atomic E-state index is -1.07. The van der Waals surface area contributed by atoms with Crippen LogP contribution >= 0.6 is 0 Å². The van der Waals surface area contributed by atoms with Gasteiger partial charge in [0.05, 0.1) is 0 Å². The summed E-state index contributed by atoms with van der Waals surface area (Å²) < 4.78 is 4.68. The van der Waals surface area contributed by atoms with Crippen LogP contribution in [0, 0.1) is 5.92 Å². The van der Waals surface area contributed by atoms with Crippen LogP contribution in [0.4, 0.5) is 0 Å². The van der Waals surface area contributed by atoms with E-state index in [4.69, 9.17) is 5.11 Å². The Hall–Kier alpha value is -1.10. The van der Waals surface area contributed by atoms with Crippen LogP contribution in [0.3, 0.4) is 0 Å². The van der Waals surface area contributed by atoms with Crippen LogP contribution in [0.15, 0.2) is 0 Å². The van der Waals surface area contributed by atoms with E-state index in [1.54, 1.807) is 0 Å². The first-order chi connectivity index (χ1) is 7.45. The lowest BCUT2D eigenvalue weighted by Gasteiger charge is -2.17. The molecule has 2 unspecified atom stereocenters. The first-order valence-electron chi connectivity index (χ1n) is 5.54. The number of aliphatic carboxylic acids is 1. The molecule has 0 aliphatic heterocycles. The predicted molar refractivity (Wildman–Crippen MR) is 60.1 cm³/mol. The molecule has 0 aromatic rings. The molecular weight excluding hydrogens is 210 g/mol. The van der Waals surface area contributed by atoms with Gasteiger partial charge in [0.1, 0.15) is 13.2 Å². The van der Waals surface area contributed by atoms with Crippen LogP contribution in [0.25, 0.3) is 0 Å². The second kappa shape index (κ2) is 8.10. The maximum atomic E-state index is 11.3.